The number of benzene rings is 2. The Morgan fingerprint density at radius 2 is 1.51 bits per heavy atom. The summed E-state index contributed by atoms with van der Waals surface area (Å²) in [5, 5.41) is 10.7. The summed E-state index contributed by atoms with van der Waals surface area (Å²) in [6.07, 6.45) is 9.11. The standard InChI is InChI=1S/C28H33N5O2/c34-27(32-18-15-24(16-19-32)31-28(35)30-23-11-5-2-6-12-23)22-10-7-13-25(20-22)33-26(14-17-29-33)21-8-3-1-4-9-21/h1,3-4,7-10,13-14,17,20,23-24H,2,5-6,11-12,15-16,18-19H2,(H2,30,31,35). The highest BCUT2D eigenvalue weighted by molar-refractivity contribution is 5.95. The number of piperidine rings is 1. The van der Waals surface area contributed by atoms with Gasteiger partial charge < -0.3 is 15.5 Å². The molecule has 7 nitrogen and oxygen atoms in total. The predicted molar refractivity (Wildman–Crippen MR) is 136 cm³/mol. The normalized spacial score (nSPS) is 17.2. The maximum absolute atomic E-state index is 13.3. The molecule has 0 atom stereocenters. The van der Waals surface area contributed by atoms with Crippen LogP contribution in [0.25, 0.3) is 16.9 Å². The van der Waals surface area contributed by atoms with Crippen molar-refractivity contribution < 1.29 is 9.59 Å². The third kappa shape index (κ3) is 5.56. The molecule has 7 heteroatoms. The van der Waals surface area contributed by atoms with Gasteiger partial charge in [0.1, 0.15) is 0 Å². The van der Waals surface area contributed by atoms with Crippen molar-refractivity contribution in [1.82, 2.24) is 25.3 Å². The van der Waals surface area contributed by atoms with E-state index in [0.717, 1.165) is 42.6 Å². The highest BCUT2D eigenvalue weighted by atomic mass is 16.2. The molecule has 0 spiro atoms. The topological polar surface area (TPSA) is 79.3 Å². The Bertz CT molecular complexity index is 1140. The zero-order valence-corrected chi connectivity index (χ0v) is 20.0. The van der Waals surface area contributed by atoms with Gasteiger partial charge in [-0.1, -0.05) is 55.7 Å². The molecule has 1 aromatic heterocycles. The van der Waals surface area contributed by atoms with E-state index in [1.807, 2.05) is 58.1 Å². The second kappa shape index (κ2) is 10.8. The molecule has 2 fully saturated rings. The molecule has 3 aromatic rings. The van der Waals surface area contributed by atoms with Crippen molar-refractivity contribution in [2.24, 2.45) is 0 Å². The maximum Gasteiger partial charge on any atom is 0.315 e. The van der Waals surface area contributed by atoms with Crippen molar-refractivity contribution in [3.63, 3.8) is 0 Å². The first-order chi connectivity index (χ1) is 17.2. The van der Waals surface area contributed by atoms with E-state index >= 15 is 0 Å². The highest BCUT2D eigenvalue weighted by Crippen LogP contribution is 2.23. The van der Waals surface area contributed by atoms with E-state index in [2.05, 4.69) is 27.9 Å². The minimum absolute atomic E-state index is 0.0189. The lowest BCUT2D eigenvalue weighted by Crippen LogP contribution is -2.51. The van der Waals surface area contributed by atoms with Crippen molar-refractivity contribution in [1.29, 1.82) is 0 Å². The minimum atomic E-state index is -0.0668. The number of hydrogen-bond donors (Lipinski definition) is 2. The number of aromatic nitrogens is 2. The molecule has 1 aliphatic carbocycles. The van der Waals surface area contributed by atoms with Gasteiger partial charge in [0.25, 0.3) is 5.91 Å². The summed E-state index contributed by atoms with van der Waals surface area (Å²) in [4.78, 5) is 27.5. The Balaban J connectivity index is 1.19. The summed E-state index contributed by atoms with van der Waals surface area (Å²) >= 11 is 0. The molecule has 2 heterocycles. The summed E-state index contributed by atoms with van der Waals surface area (Å²) in [7, 11) is 0. The molecule has 0 bridgehead atoms. The number of carbonyl (C=O) groups excluding carboxylic acids is 2. The summed E-state index contributed by atoms with van der Waals surface area (Å²) in [6.45, 7) is 1.27. The van der Waals surface area contributed by atoms with Crippen molar-refractivity contribution in [2.75, 3.05) is 13.1 Å². The van der Waals surface area contributed by atoms with Gasteiger partial charge in [-0.25, -0.2) is 9.48 Å². The van der Waals surface area contributed by atoms with Gasteiger partial charge >= 0.3 is 6.03 Å². The molecule has 5 rings (SSSR count). The van der Waals surface area contributed by atoms with Crippen molar-refractivity contribution >= 4 is 11.9 Å². The summed E-state index contributed by atoms with van der Waals surface area (Å²) in [6, 6.07) is 20.1. The van der Waals surface area contributed by atoms with Crippen LogP contribution >= 0.6 is 0 Å². The van der Waals surface area contributed by atoms with Crippen LogP contribution in [0, 0.1) is 0 Å². The molecule has 2 N–H and O–H groups in total. The Labute approximate surface area is 206 Å². The van der Waals surface area contributed by atoms with Crippen LogP contribution in [0.1, 0.15) is 55.3 Å². The highest BCUT2D eigenvalue weighted by Gasteiger charge is 2.26. The number of nitrogens with one attached hydrogen (secondary N) is 2. The molecule has 2 aromatic carbocycles. The number of rotatable bonds is 5. The molecular formula is C28H33N5O2. The number of likely N-dealkylation sites (tertiary alicyclic amines) is 1. The molecule has 0 radical (unpaired) electrons. The quantitative estimate of drug-likeness (QED) is 0.562. The van der Waals surface area contributed by atoms with Crippen LogP contribution in [0.4, 0.5) is 4.79 Å². The zero-order chi connectivity index (χ0) is 24.0. The van der Waals surface area contributed by atoms with Gasteiger partial charge in [0.05, 0.1) is 17.6 Å². The Morgan fingerprint density at radius 1 is 0.800 bits per heavy atom. The van der Waals surface area contributed by atoms with E-state index in [4.69, 9.17) is 0 Å². The number of nitrogens with zero attached hydrogens (tertiary/aromatic N) is 3. The van der Waals surface area contributed by atoms with Crippen LogP contribution in [-0.2, 0) is 0 Å². The number of hydrogen-bond acceptors (Lipinski definition) is 3. The first kappa shape index (κ1) is 23.1. The average molecular weight is 472 g/mol. The fourth-order valence-electron chi connectivity index (χ4n) is 5.18. The molecule has 0 unspecified atom stereocenters. The molecule has 2 aliphatic rings. The predicted octanol–water partition coefficient (Wildman–Crippen LogP) is 4.78. The lowest BCUT2D eigenvalue weighted by Gasteiger charge is -2.33. The molecule has 182 valence electrons. The monoisotopic (exact) mass is 471 g/mol. The third-order valence-electron chi connectivity index (χ3n) is 7.11. The van der Waals surface area contributed by atoms with Crippen molar-refractivity contribution in [2.45, 2.75) is 57.0 Å². The van der Waals surface area contributed by atoms with Crippen molar-refractivity contribution in [3.05, 3.63) is 72.4 Å². The summed E-state index contributed by atoms with van der Waals surface area (Å²) in [5.74, 6) is 0.0189. The van der Waals surface area contributed by atoms with E-state index in [1.54, 1.807) is 6.20 Å². The minimum Gasteiger partial charge on any atom is -0.338 e. The van der Waals surface area contributed by atoms with Crippen LogP contribution in [0.5, 0.6) is 0 Å². The molecule has 1 aliphatic heterocycles. The van der Waals surface area contributed by atoms with Crippen LogP contribution < -0.4 is 10.6 Å². The lowest BCUT2D eigenvalue weighted by molar-refractivity contribution is 0.0708. The Hall–Kier alpha value is -3.61. The molecule has 35 heavy (non-hydrogen) atoms. The number of amides is 3. The fraction of sp³-hybridized carbons (Fsp3) is 0.393. The van der Waals surface area contributed by atoms with Gasteiger partial charge in [-0.15, -0.1) is 0 Å². The largest absolute Gasteiger partial charge is 0.338 e. The molecule has 1 saturated heterocycles. The van der Waals surface area contributed by atoms with Gasteiger partial charge in [-0.2, -0.15) is 5.10 Å². The second-order valence-corrected chi connectivity index (χ2v) is 9.56. The zero-order valence-electron chi connectivity index (χ0n) is 20.0. The third-order valence-corrected chi connectivity index (χ3v) is 7.11. The summed E-state index contributed by atoms with van der Waals surface area (Å²) in [5.41, 5.74) is 3.56. The first-order valence-electron chi connectivity index (χ1n) is 12.7. The second-order valence-electron chi connectivity index (χ2n) is 9.56. The van der Waals surface area contributed by atoms with E-state index in [1.165, 1.54) is 19.3 Å². The lowest BCUT2D eigenvalue weighted by atomic mass is 9.96. The van der Waals surface area contributed by atoms with Crippen LogP contribution in [0.15, 0.2) is 66.9 Å². The molecule has 3 amide bonds. The van der Waals surface area contributed by atoms with Gasteiger partial charge in [0, 0.05) is 36.3 Å². The van der Waals surface area contributed by atoms with Crippen LogP contribution in [-0.4, -0.2) is 51.8 Å². The van der Waals surface area contributed by atoms with Crippen LogP contribution in [0.3, 0.4) is 0 Å². The van der Waals surface area contributed by atoms with E-state index in [9.17, 15) is 9.59 Å². The number of carbonyl (C=O) groups is 2. The van der Waals surface area contributed by atoms with Crippen LogP contribution in [0.2, 0.25) is 0 Å². The van der Waals surface area contributed by atoms with E-state index in [0.29, 0.717) is 24.7 Å². The van der Waals surface area contributed by atoms with Gasteiger partial charge in [0.15, 0.2) is 0 Å². The van der Waals surface area contributed by atoms with Gasteiger partial charge in [-0.3, -0.25) is 4.79 Å². The Morgan fingerprint density at radius 3 is 2.26 bits per heavy atom. The maximum atomic E-state index is 13.3. The average Bonchev–Trinajstić information content (AvgIpc) is 3.40. The number of urea groups is 1. The first-order valence-corrected chi connectivity index (χ1v) is 12.7. The van der Waals surface area contributed by atoms with Crippen molar-refractivity contribution in [3.8, 4) is 16.9 Å². The summed E-state index contributed by atoms with van der Waals surface area (Å²) < 4.78 is 1.87. The molecular weight excluding hydrogens is 438 g/mol. The molecule has 1 saturated carbocycles. The van der Waals surface area contributed by atoms with E-state index < -0.39 is 0 Å². The Kier molecular flexibility index (Phi) is 7.12. The smallest absolute Gasteiger partial charge is 0.315 e. The van der Waals surface area contributed by atoms with E-state index in [-0.39, 0.29) is 18.0 Å². The van der Waals surface area contributed by atoms with Gasteiger partial charge in [-0.05, 0) is 49.9 Å². The van der Waals surface area contributed by atoms with Gasteiger partial charge in [0.2, 0.25) is 0 Å². The fourth-order valence-corrected chi connectivity index (χ4v) is 5.18. The SMILES string of the molecule is O=C(NC1CCCCC1)NC1CCN(C(=O)c2cccc(-n3nccc3-c3ccccc3)c2)CC1.